The van der Waals surface area contributed by atoms with E-state index in [4.69, 9.17) is 11.2 Å². The summed E-state index contributed by atoms with van der Waals surface area (Å²) in [6, 6.07) is 11.4. The largest absolute Gasteiger partial charge is 0.508 e. The second-order valence-electron chi connectivity index (χ2n) is 12.2. The molecule has 2 unspecified atom stereocenters. The van der Waals surface area contributed by atoms with Crippen molar-refractivity contribution < 1.29 is 24.2 Å². The highest BCUT2D eigenvalue weighted by atomic mass is 16.6. The third-order valence-corrected chi connectivity index (χ3v) is 6.10. The Balaban J connectivity index is 2.60. The normalized spacial score (nSPS) is 12.9. The van der Waals surface area contributed by atoms with Gasteiger partial charge in [0.15, 0.2) is 0 Å². The monoisotopic (exact) mass is 563 g/mol. The topological polar surface area (TPSA) is 108 Å². The van der Waals surface area contributed by atoms with Gasteiger partial charge >= 0.3 is 6.09 Å². The van der Waals surface area contributed by atoms with E-state index in [1.165, 1.54) is 12.1 Å². The van der Waals surface area contributed by atoms with Crippen LogP contribution in [0.2, 0.25) is 0 Å². The molecular weight excluding hydrogens is 518 g/mol. The minimum absolute atomic E-state index is 0.0900. The van der Waals surface area contributed by atoms with Crippen molar-refractivity contribution in [3.8, 4) is 18.1 Å². The summed E-state index contributed by atoms with van der Waals surface area (Å²) in [5.41, 5.74) is 0.664. The van der Waals surface area contributed by atoms with Gasteiger partial charge in [0.2, 0.25) is 11.8 Å². The SMILES string of the molecule is C#Cc1ccc(C(C(=O)NC(C)(C)C)N(CCCCC)C(=O)C(Cc2ccc(O)cc2)NC(=O)OC(C)(C)C)cc1. The number of unbranched alkanes of at least 4 members (excludes halogenated alkanes) is 2. The highest BCUT2D eigenvalue weighted by Gasteiger charge is 2.37. The molecule has 8 heteroatoms. The summed E-state index contributed by atoms with van der Waals surface area (Å²) in [5.74, 6) is 1.92. The quantitative estimate of drug-likeness (QED) is 0.248. The van der Waals surface area contributed by atoms with E-state index in [2.05, 4.69) is 23.5 Å². The Bertz CT molecular complexity index is 1200. The number of nitrogens with one attached hydrogen (secondary N) is 2. The van der Waals surface area contributed by atoms with E-state index in [9.17, 15) is 19.5 Å². The molecule has 0 aliphatic rings. The molecule has 0 radical (unpaired) electrons. The van der Waals surface area contributed by atoms with Crippen LogP contribution in [0.25, 0.3) is 0 Å². The molecule has 2 aromatic carbocycles. The lowest BCUT2D eigenvalue weighted by molar-refractivity contribution is -0.143. The number of carbonyl (C=O) groups is 3. The molecule has 3 amide bonds. The summed E-state index contributed by atoms with van der Waals surface area (Å²) in [6.07, 6.45) is 7.40. The zero-order valence-electron chi connectivity index (χ0n) is 25.4. The number of carbonyl (C=O) groups excluding carboxylic acids is 3. The van der Waals surface area contributed by atoms with Crippen LogP contribution in [0.3, 0.4) is 0 Å². The lowest BCUT2D eigenvalue weighted by atomic mass is 9.98. The Kier molecular flexibility index (Phi) is 11.8. The molecule has 3 N–H and O–H groups in total. The number of terminal acetylenes is 1. The first-order valence-corrected chi connectivity index (χ1v) is 14.1. The van der Waals surface area contributed by atoms with Gasteiger partial charge in [-0.2, -0.15) is 0 Å². The molecule has 41 heavy (non-hydrogen) atoms. The number of phenolic OH excluding ortho intramolecular Hbond substituents is 1. The molecule has 0 aliphatic heterocycles. The zero-order valence-corrected chi connectivity index (χ0v) is 25.4. The number of alkyl carbamates (subject to hydrolysis) is 1. The van der Waals surface area contributed by atoms with Crippen LogP contribution in [-0.2, 0) is 20.7 Å². The van der Waals surface area contributed by atoms with E-state index in [1.54, 1.807) is 62.1 Å². The molecule has 2 rings (SSSR count). The fraction of sp³-hybridized carbons (Fsp3) is 0.485. The van der Waals surface area contributed by atoms with E-state index in [0.717, 1.165) is 18.4 Å². The molecule has 0 fully saturated rings. The first-order chi connectivity index (χ1) is 19.1. The van der Waals surface area contributed by atoms with Crippen molar-refractivity contribution in [1.29, 1.82) is 0 Å². The molecule has 0 saturated carbocycles. The number of amides is 3. The second kappa shape index (κ2) is 14.6. The van der Waals surface area contributed by atoms with Gasteiger partial charge in [0.1, 0.15) is 23.4 Å². The van der Waals surface area contributed by atoms with Crippen LogP contribution in [0.15, 0.2) is 48.5 Å². The van der Waals surface area contributed by atoms with Crippen LogP contribution in [0.5, 0.6) is 5.75 Å². The molecule has 2 aromatic rings. The summed E-state index contributed by atoms with van der Waals surface area (Å²) in [5, 5.41) is 15.5. The zero-order chi connectivity index (χ0) is 30.8. The van der Waals surface area contributed by atoms with Crippen molar-refractivity contribution in [1.82, 2.24) is 15.5 Å². The molecule has 0 aromatic heterocycles. The highest BCUT2D eigenvalue weighted by Crippen LogP contribution is 2.26. The molecule has 8 nitrogen and oxygen atoms in total. The number of hydrogen-bond acceptors (Lipinski definition) is 5. The van der Waals surface area contributed by atoms with Crippen molar-refractivity contribution >= 4 is 17.9 Å². The molecule has 0 saturated heterocycles. The minimum atomic E-state index is -1.04. The van der Waals surface area contributed by atoms with Gasteiger partial charge in [-0.15, -0.1) is 6.42 Å². The van der Waals surface area contributed by atoms with E-state index < -0.39 is 35.2 Å². The van der Waals surface area contributed by atoms with Crippen molar-refractivity contribution in [2.45, 2.75) is 97.4 Å². The van der Waals surface area contributed by atoms with E-state index in [-0.39, 0.29) is 18.1 Å². The summed E-state index contributed by atoms with van der Waals surface area (Å²) in [7, 11) is 0. The Morgan fingerprint density at radius 3 is 2.10 bits per heavy atom. The first kappa shape index (κ1) is 33.2. The van der Waals surface area contributed by atoms with Crippen molar-refractivity contribution in [2.75, 3.05) is 6.54 Å². The maximum absolute atomic E-state index is 14.4. The number of nitrogens with zero attached hydrogens (tertiary/aromatic N) is 1. The number of phenols is 1. The van der Waals surface area contributed by atoms with Gasteiger partial charge in [-0.3, -0.25) is 9.59 Å². The molecule has 0 heterocycles. The third-order valence-electron chi connectivity index (χ3n) is 6.10. The van der Waals surface area contributed by atoms with E-state index in [1.807, 2.05) is 20.8 Å². The summed E-state index contributed by atoms with van der Waals surface area (Å²) >= 11 is 0. The van der Waals surface area contributed by atoms with Crippen LogP contribution in [0, 0.1) is 12.3 Å². The molecular formula is C33H45N3O5. The van der Waals surface area contributed by atoms with Crippen LogP contribution < -0.4 is 10.6 Å². The maximum atomic E-state index is 14.4. The average molecular weight is 564 g/mol. The fourth-order valence-electron chi connectivity index (χ4n) is 4.29. The van der Waals surface area contributed by atoms with Crippen LogP contribution in [-0.4, -0.2) is 51.6 Å². The predicted molar refractivity (Wildman–Crippen MR) is 161 cm³/mol. The average Bonchev–Trinajstić information content (AvgIpc) is 2.87. The smallest absolute Gasteiger partial charge is 0.408 e. The van der Waals surface area contributed by atoms with Gasteiger partial charge in [0.25, 0.3) is 0 Å². The summed E-state index contributed by atoms with van der Waals surface area (Å²) < 4.78 is 5.48. The number of rotatable bonds is 11. The number of hydrogen-bond donors (Lipinski definition) is 3. The number of aromatic hydroxyl groups is 1. The van der Waals surface area contributed by atoms with Crippen LogP contribution in [0.4, 0.5) is 4.79 Å². The first-order valence-electron chi connectivity index (χ1n) is 14.1. The standard InChI is InChI=1S/C33H45N3O5/c1-9-11-12-21-36(28(29(38)35-32(3,4)5)25-17-13-23(10-2)14-18-25)30(39)27(34-31(40)41-33(6,7)8)22-24-15-19-26(37)20-16-24/h2,13-20,27-28,37H,9,11-12,21-22H2,1,3-8H3,(H,34,40)(H,35,38). The van der Waals surface area contributed by atoms with Crippen LogP contribution in [0.1, 0.15) is 90.5 Å². The molecule has 0 aliphatic carbocycles. The lowest BCUT2D eigenvalue weighted by Gasteiger charge is -2.36. The number of ether oxygens (including phenoxy) is 1. The Morgan fingerprint density at radius 1 is 0.976 bits per heavy atom. The summed E-state index contributed by atoms with van der Waals surface area (Å²) in [6.45, 7) is 13.2. The van der Waals surface area contributed by atoms with Crippen molar-refractivity contribution in [2.24, 2.45) is 0 Å². The Labute approximate surface area is 244 Å². The predicted octanol–water partition coefficient (Wildman–Crippen LogP) is 5.48. The summed E-state index contributed by atoms with van der Waals surface area (Å²) in [4.78, 5) is 42.7. The maximum Gasteiger partial charge on any atom is 0.408 e. The van der Waals surface area contributed by atoms with Crippen molar-refractivity contribution in [3.05, 3.63) is 65.2 Å². The molecule has 0 bridgehead atoms. The number of benzene rings is 2. The molecule has 2 atom stereocenters. The highest BCUT2D eigenvalue weighted by molar-refractivity contribution is 5.92. The fourth-order valence-corrected chi connectivity index (χ4v) is 4.29. The van der Waals surface area contributed by atoms with Gasteiger partial charge < -0.3 is 25.4 Å². The Morgan fingerprint density at radius 2 is 1.59 bits per heavy atom. The lowest BCUT2D eigenvalue weighted by Crippen LogP contribution is -2.55. The molecule has 0 spiro atoms. The van der Waals surface area contributed by atoms with Crippen LogP contribution >= 0.6 is 0 Å². The third kappa shape index (κ3) is 11.2. The van der Waals surface area contributed by atoms with Gasteiger partial charge in [-0.25, -0.2) is 4.79 Å². The van der Waals surface area contributed by atoms with Gasteiger partial charge in [-0.1, -0.05) is 50.0 Å². The van der Waals surface area contributed by atoms with Gasteiger partial charge in [-0.05, 0) is 83.4 Å². The van der Waals surface area contributed by atoms with Crippen molar-refractivity contribution in [3.63, 3.8) is 0 Å². The second-order valence-corrected chi connectivity index (χ2v) is 12.2. The molecule has 222 valence electrons. The van der Waals surface area contributed by atoms with E-state index >= 15 is 0 Å². The minimum Gasteiger partial charge on any atom is -0.508 e. The van der Waals surface area contributed by atoms with E-state index in [0.29, 0.717) is 24.1 Å². The van der Waals surface area contributed by atoms with Gasteiger partial charge in [0, 0.05) is 24.1 Å². The Hall–Kier alpha value is -3.99. The van der Waals surface area contributed by atoms with Gasteiger partial charge in [0.05, 0.1) is 0 Å².